The van der Waals surface area contributed by atoms with Gasteiger partial charge in [0.15, 0.2) is 0 Å². The summed E-state index contributed by atoms with van der Waals surface area (Å²) < 4.78 is 18.8. The van der Waals surface area contributed by atoms with Gasteiger partial charge in [-0.05, 0) is 42.8 Å². The van der Waals surface area contributed by atoms with Crippen LogP contribution < -0.4 is 4.74 Å². The summed E-state index contributed by atoms with van der Waals surface area (Å²) in [5.74, 6) is 0.562. The van der Waals surface area contributed by atoms with Gasteiger partial charge in [-0.3, -0.25) is 0 Å². The number of halogens is 1. The maximum absolute atomic E-state index is 13.2. The van der Waals surface area contributed by atoms with Crippen LogP contribution in [0.3, 0.4) is 0 Å². The minimum atomic E-state index is -0.821. The zero-order valence-electron chi connectivity index (χ0n) is 11.0. The van der Waals surface area contributed by atoms with Gasteiger partial charge in [0.05, 0.1) is 18.6 Å². The van der Waals surface area contributed by atoms with Crippen molar-refractivity contribution in [1.82, 2.24) is 0 Å². The molecule has 0 aliphatic rings. The molecule has 0 spiro atoms. The molecule has 4 heteroatoms. The summed E-state index contributed by atoms with van der Waals surface area (Å²) in [7, 11) is 0. The van der Waals surface area contributed by atoms with E-state index in [2.05, 4.69) is 6.07 Å². The van der Waals surface area contributed by atoms with E-state index in [9.17, 15) is 9.50 Å². The molecule has 2 aromatic carbocycles. The van der Waals surface area contributed by atoms with Crippen molar-refractivity contribution in [2.24, 2.45) is 0 Å². The predicted octanol–water partition coefficient (Wildman–Crippen LogP) is 3.74. The number of nitriles is 1. The van der Waals surface area contributed by atoms with Crippen molar-refractivity contribution >= 4 is 0 Å². The van der Waals surface area contributed by atoms with E-state index in [0.29, 0.717) is 23.5 Å². The third-order valence-corrected chi connectivity index (χ3v) is 2.86. The Bertz CT molecular complexity index is 630. The summed E-state index contributed by atoms with van der Waals surface area (Å²) in [5.41, 5.74) is 1.29. The lowest BCUT2D eigenvalue weighted by Crippen LogP contribution is -1.97. The molecule has 0 aromatic heterocycles. The fraction of sp³-hybridized carbons (Fsp3) is 0.188. The zero-order valence-corrected chi connectivity index (χ0v) is 11.0. The van der Waals surface area contributed by atoms with Crippen LogP contribution in [-0.4, -0.2) is 5.11 Å². The average Bonchev–Trinajstić information content (AvgIpc) is 2.43. The molecule has 1 atom stereocenters. The van der Waals surface area contributed by atoms with Crippen molar-refractivity contribution in [2.75, 3.05) is 0 Å². The van der Waals surface area contributed by atoms with Crippen molar-refractivity contribution in [3.8, 4) is 17.6 Å². The van der Waals surface area contributed by atoms with E-state index in [1.807, 2.05) is 0 Å². The summed E-state index contributed by atoms with van der Waals surface area (Å²) in [5, 5.41) is 18.2. The number of aliphatic hydroxyl groups is 1. The number of ether oxygens (including phenoxy) is 1. The lowest BCUT2D eigenvalue weighted by molar-refractivity contribution is 0.195. The van der Waals surface area contributed by atoms with Crippen LogP contribution in [0.1, 0.15) is 24.2 Å². The van der Waals surface area contributed by atoms with Crippen LogP contribution in [0.25, 0.3) is 0 Å². The molecular weight excluding hydrogens is 257 g/mol. The molecule has 1 N–H and O–H groups in total. The second-order valence-electron chi connectivity index (χ2n) is 4.44. The Kier molecular flexibility index (Phi) is 4.34. The van der Waals surface area contributed by atoms with Gasteiger partial charge in [-0.2, -0.15) is 5.26 Å². The first kappa shape index (κ1) is 14.0. The fourth-order valence-corrected chi connectivity index (χ4v) is 1.83. The maximum Gasteiger partial charge on any atom is 0.133 e. The van der Waals surface area contributed by atoms with Gasteiger partial charge < -0.3 is 9.84 Å². The van der Waals surface area contributed by atoms with Crippen molar-refractivity contribution < 1.29 is 14.2 Å². The van der Waals surface area contributed by atoms with Crippen LogP contribution >= 0.6 is 0 Å². The molecule has 0 aliphatic carbocycles. The molecular formula is C16H14FNO2. The van der Waals surface area contributed by atoms with Gasteiger partial charge in [-0.15, -0.1) is 0 Å². The van der Waals surface area contributed by atoms with Crippen molar-refractivity contribution in [1.29, 1.82) is 5.26 Å². The minimum Gasteiger partial charge on any atom is -0.457 e. The zero-order chi connectivity index (χ0) is 14.5. The molecule has 2 aromatic rings. The molecule has 3 nitrogen and oxygen atoms in total. The molecule has 0 fully saturated rings. The molecule has 20 heavy (non-hydrogen) atoms. The standard InChI is InChI=1S/C16H14FNO2/c1-11(19)15-10-13(17)4-7-16(15)20-14-5-2-12(3-6-14)8-9-18/h2-7,10-11,19H,8H2,1H3/t11-/m0/s1. The molecule has 0 bridgehead atoms. The number of nitrogens with zero attached hydrogens (tertiary/aromatic N) is 1. The highest BCUT2D eigenvalue weighted by Gasteiger charge is 2.11. The van der Waals surface area contributed by atoms with E-state index in [-0.39, 0.29) is 0 Å². The summed E-state index contributed by atoms with van der Waals surface area (Å²) in [6.07, 6.45) is -0.478. The molecule has 0 radical (unpaired) electrons. The number of benzene rings is 2. The van der Waals surface area contributed by atoms with Gasteiger partial charge in [0.2, 0.25) is 0 Å². The SMILES string of the molecule is C[C@H](O)c1cc(F)ccc1Oc1ccc(CC#N)cc1. The predicted molar refractivity (Wildman–Crippen MR) is 72.9 cm³/mol. The summed E-state index contributed by atoms with van der Waals surface area (Å²) in [6, 6.07) is 13.2. The topological polar surface area (TPSA) is 53.2 Å². The average molecular weight is 271 g/mol. The van der Waals surface area contributed by atoms with Crippen molar-refractivity contribution in [2.45, 2.75) is 19.4 Å². The fourth-order valence-electron chi connectivity index (χ4n) is 1.83. The first-order valence-electron chi connectivity index (χ1n) is 6.21. The van der Waals surface area contributed by atoms with Crippen LogP contribution in [0.15, 0.2) is 42.5 Å². The summed E-state index contributed by atoms with van der Waals surface area (Å²) in [6.45, 7) is 1.55. The number of rotatable bonds is 4. The van der Waals surface area contributed by atoms with E-state index < -0.39 is 11.9 Å². The highest BCUT2D eigenvalue weighted by atomic mass is 19.1. The second-order valence-corrected chi connectivity index (χ2v) is 4.44. The monoisotopic (exact) mass is 271 g/mol. The Morgan fingerprint density at radius 2 is 1.95 bits per heavy atom. The van der Waals surface area contributed by atoms with Gasteiger partial charge in [0, 0.05) is 5.56 Å². The highest BCUT2D eigenvalue weighted by Crippen LogP contribution is 2.30. The molecule has 2 rings (SSSR count). The van der Waals surface area contributed by atoms with Gasteiger partial charge in [-0.1, -0.05) is 12.1 Å². The lowest BCUT2D eigenvalue weighted by atomic mass is 10.1. The van der Waals surface area contributed by atoms with E-state index in [1.54, 1.807) is 31.2 Å². The van der Waals surface area contributed by atoms with Crippen LogP contribution in [0.2, 0.25) is 0 Å². The van der Waals surface area contributed by atoms with Gasteiger partial charge in [0.25, 0.3) is 0 Å². The van der Waals surface area contributed by atoms with E-state index in [0.717, 1.165) is 5.56 Å². The second kappa shape index (κ2) is 6.18. The summed E-state index contributed by atoms with van der Waals surface area (Å²) in [4.78, 5) is 0. The molecule has 0 saturated carbocycles. The highest BCUT2D eigenvalue weighted by molar-refractivity contribution is 5.40. The molecule has 0 aliphatic heterocycles. The van der Waals surface area contributed by atoms with E-state index in [1.165, 1.54) is 18.2 Å². The van der Waals surface area contributed by atoms with Crippen LogP contribution in [0.5, 0.6) is 11.5 Å². The van der Waals surface area contributed by atoms with Crippen molar-refractivity contribution in [3.05, 3.63) is 59.4 Å². The molecule has 0 unspecified atom stereocenters. The minimum absolute atomic E-state index is 0.343. The Hall–Kier alpha value is -2.38. The van der Waals surface area contributed by atoms with Crippen LogP contribution in [0.4, 0.5) is 4.39 Å². The first-order valence-corrected chi connectivity index (χ1v) is 6.21. The number of aliphatic hydroxyl groups excluding tert-OH is 1. The molecule has 102 valence electrons. The lowest BCUT2D eigenvalue weighted by Gasteiger charge is -2.13. The maximum atomic E-state index is 13.2. The van der Waals surface area contributed by atoms with Crippen LogP contribution in [0, 0.1) is 17.1 Å². The number of hydrogen-bond donors (Lipinski definition) is 1. The molecule has 0 amide bonds. The Labute approximate surface area is 116 Å². The Morgan fingerprint density at radius 1 is 1.25 bits per heavy atom. The first-order chi connectivity index (χ1) is 9.60. The largest absolute Gasteiger partial charge is 0.457 e. The van der Waals surface area contributed by atoms with Gasteiger partial charge in [0.1, 0.15) is 17.3 Å². The third kappa shape index (κ3) is 3.34. The van der Waals surface area contributed by atoms with Gasteiger partial charge in [-0.25, -0.2) is 4.39 Å². The summed E-state index contributed by atoms with van der Waals surface area (Å²) >= 11 is 0. The molecule has 0 heterocycles. The third-order valence-electron chi connectivity index (χ3n) is 2.86. The Balaban J connectivity index is 2.23. The number of hydrogen-bond acceptors (Lipinski definition) is 3. The van der Waals surface area contributed by atoms with Crippen molar-refractivity contribution in [3.63, 3.8) is 0 Å². The quantitative estimate of drug-likeness (QED) is 0.921. The van der Waals surface area contributed by atoms with Crippen LogP contribution in [-0.2, 0) is 6.42 Å². The van der Waals surface area contributed by atoms with Gasteiger partial charge >= 0.3 is 0 Å². The van der Waals surface area contributed by atoms with E-state index >= 15 is 0 Å². The van der Waals surface area contributed by atoms with E-state index in [4.69, 9.17) is 10.00 Å². The Morgan fingerprint density at radius 3 is 2.55 bits per heavy atom. The normalized spacial score (nSPS) is 11.7. The smallest absolute Gasteiger partial charge is 0.133 e. The molecule has 0 saturated heterocycles.